The normalized spacial score (nSPS) is 13.5. The van der Waals surface area contributed by atoms with Gasteiger partial charge in [-0.3, -0.25) is 0 Å². The average molecular weight is 414 g/mol. The van der Waals surface area contributed by atoms with E-state index in [9.17, 15) is 8.60 Å². The molecule has 130 valence electrons. The van der Waals surface area contributed by atoms with Gasteiger partial charge in [-0.15, -0.1) is 0 Å². The molecule has 0 aliphatic rings. The average Bonchev–Trinajstić information content (AvgIpc) is 2.88. The molecule has 7 heteroatoms. The van der Waals surface area contributed by atoms with Gasteiger partial charge in [-0.2, -0.15) is 9.50 Å². The largest absolute Gasteiger partial charge is 0.237 e. The molecule has 4 nitrogen and oxygen atoms in total. The highest BCUT2D eigenvalue weighted by Gasteiger charge is 2.18. The zero-order valence-electron chi connectivity index (χ0n) is 14.0. The molecule has 0 fully saturated rings. The van der Waals surface area contributed by atoms with E-state index >= 15 is 0 Å². The first-order chi connectivity index (χ1) is 11.3. The van der Waals surface area contributed by atoms with Gasteiger partial charge in [0.2, 0.25) is 0 Å². The van der Waals surface area contributed by atoms with E-state index in [4.69, 9.17) is 0 Å². The number of nitrogens with zero attached hydrogens (tertiary/aromatic N) is 3. The number of hydrogen-bond acceptors (Lipinski definition) is 2. The lowest BCUT2D eigenvalue weighted by atomic mass is 10.2. The van der Waals surface area contributed by atoms with Gasteiger partial charge in [0, 0.05) is 6.21 Å². The predicted molar refractivity (Wildman–Crippen MR) is 101 cm³/mol. The minimum absolute atomic E-state index is 0.269. The van der Waals surface area contributed by atoms with Gasteiger partial charge in [0.1, 0.15) is 16.8 Å². The van der Waals surface area contributed by atoms with E-state index in [0.29, 0.717) is 0 Å². The number of hydrogen-bond donors (Lipinski definition) is 0. The lowest BCUT2D eigenvalue weighted by Crippen LogP contribution is -2.19. The number of aromatic nitrogens is 2. The first-order valence-corrected chi connectivity index (χ1v) is 9.62. The van der Waals surface area contributed by atoms with Crippen molar-refractivity contribution in [2.75, 3.05) is 0 Å². The van der Waals surface area contributed by atoms with E-state index < -0.39 is 11.0 Å². The Bertz CT molecular complexity index is 735. The zero-order valence-corrected chi connectivity index (χ0v) is 16.4. The molecular weight excluding hydrogens is 393 g/mol. The third-order valence-electron chi connectivity index (χ3n) is 3.33. The SMILES string of the molecule is CC(C)(C)S(=O)N=CCCCc1c(Br)cnn1-c1ccc(F)cc1. The molecule has 0 saturated heterocycles. The summed E-state index contributed by atoms with van der Waals surface area (Å²) in [5.41, 5.74) is 1.84. The molecular formula is C17H21BrFN3OS. The maximum Gasteiger partial charge on any atom is 0.144 e. The van der Waals surface area contributed by atoms with Crippen LogP contribution in [0.15, 0.2) is 39.3 Å². The van der Waals surface area contributed by atoms with E-state index in [0.717, 1.165) is 35.1 Å². The summed E-state index contributed by atoms with van der Waals surface area (Å²) in [7, 11) is -1.21. The molecule has 1 atom stereocenters. The van der Waals surface area contributed by atoms with Crippen molar-refractivity contribution in [2.24, 2.45) is 4.40 Å². The first kappa shape index (κ1) is 19.0. The van der Waals surface area contributed by atoms with Crippen molar-refractivity contribution in [2.45, 2.75) is 44.8 Å². The Balaban J connectivity index is 1.99. The second kappa shape index (κ2) is 8.16. The number of unbranched alkanes of at least 4 members (excludes halogenated alkanes) is 1. The summed E-state index contributed by atoms with van der Waals surface area (Å²) in [4.78, 5) is 0. The zero-order chi connectivity index (χ0) is 17.7. The maximum absolute atomic E-state index is 13.1. The Hall–Kier alpha value is -1.34. The van der Waals surface area contributed by atoms with Gasteiger partial charge in [-0.1, -0.05) is 0 Å². The quantitative estimate of drug-likeness (QED) is 0.511. The summed E-state index contributed by atoms with van der Waals surface area (Å²) in [6.07, 6.45) is 5.85. The van der Waals surface area contributed by atoms with Crippen LogP contribution in [0.5, 0.6) is 0 Å². The van der Waals surface area contributed by atoms with Crippen molar-refractivity contribution in [3.8, 4) is 5.69 Å². The Kier molecular flexibility index (Phi) is 6.46. The van der Waals surface area contributed by atoms with Crippen molar-refractivity contribution in [1.82, 2.24) is 9.78 Å². The summed E-state index contributed by atoms with van der Waals surface area (Å²) >= 11 is 3.51. The van der Waals surface area contributed by atoms with Gasteiger partial charge in [0.25, 0.3) is 0 Å². The smallest absolute Gasteiger partial charge is 0.144 e. The van der Waals surface area contributed by atoms with Crippen LogP contribution in [0.2, 0.25) is 0 Å². The Morgan fingerprint density at radius 3 is 2.62 bits per heavy atom. The Morgan fingerprint density at radius 1 is 1.33 bits per heavy atom. The molecule has 0 radical (unpaired) electrons. The molecule has 2 rings (SSSR count). The predicted octanol–water partition coefficient (Wildman–Crippen LogP) is 4.63. The summed E-state index contributed by atoms with van der Waals surface area (Å²) in [6, 6.07) is 6.24. The van der Waals surface area contributed by atoms with Gasteiger partial charge in [0.15, 0.2) is 0 Å². The Labute approximate surface area is 152 Å². The first-order valence-electron chi connectivity index (χ1n) is 7.72. The number of benzene rings is 1. The van der Waals surface area contributed by atoms with Crippen LogP contribution < -0.4 is 0 Å². The van der Waals surface area contributed by atoms with Crippen molar-refractivity contribution < 1.29 is 8.60 Å². The minimum atomic E-state index is -1.21. The van der Waals surface area contributed by atoms with Crippen LogP contribution in [0, 0.1) is 5.82 Å². The van der Waals surface area contributed by atoms with Crippen molar-refractivity contribution >= 4 is 33.1 Å². The van der Waals surface area contributed by atoms with Gasteiger partial charge in [0.05, 0.1) is 26.8 Å². The molecule has 0 saturated carbocycles. The second-order valence-corrected chi connectivity index (χ2v) is 9.16. The Morgan fingerprint density at radius 2 is 2.00 bits per heavy atom. The number of rotatable bonds is 6. The highest BCUT2D eigenvalue weighted by atomic mass is 79.9. The van der Waals surface area contributed by atoms with Crippen LogP contribution in [0.4, 0.5) is 4.39 Å². The summed E-state index contributed by atoms with van der Waals surface area (Å²) in [6.45, 7) is 5.70. The standard InChI is InChI=1S/C17H21BrFN3OS/c1-17(2,3)24(23)21-11-5-4-6-16-15(18)12-20-22(16)14-9-7-13(19)8-10-14/h7-12H,4-6H2,1-3H3. The molecule has 1 aromatic heterocycles. The summed E-state index contributed by atoms with van der Waals surface area (Å²) in [5, 5.41) is 4.34. The summed E-state index contributed by atoms with van der Waals surface area (Å²) < 4.78 is 31.4. The fraction of sp³-hybridized carbons (Fsp3) is 0.412. The molecule has 2 aromatic rings. The van der Waals surface area contributed by atoms with E-state index in [1.165, 1.54) is 12.1 Å². The lowest BCUT2D eigenvalue weighted by molar-refractivity contribution is 0.626. The van der Waals surface area contributed by atoms with Crippen molar-refractivity contribution in [3.05, 3.63) is 46.4 Å². The van der Waals surface area contributed by atoms with Crippen molar-refractivity contribution in [3.63, 3.8) is 0 Å². The van der Waals surface area contributed by atoms with Gasteiger partial charge >= 0.3 is 0 Å². The molecule has 24 heavy (non-hydrogen) atoms. The molecule has 0 aliphatic heterocycles. The molecule has 0 spiro atoms. The fourth-order valence-corrected chi connectivity index (χ4v) is 3.04. The molecule has 0 aliphatic carbocycles. The number of halogens is 2. The minimum Gasteiger partial charge on any atom is -0.237 e. The van der Waals surface area contributed by atoms with Crippen LogP contribution >= 0.6 is 15.9 Å². The van der Waals surface area contributed by atoms with Crippen LogP contribution in [0.25, 0.3) is 5.69 Å². The van der Waals surface area contributed by atoms with Crippen LogP contribution in [-0.2, 0) is 17.4 Å². The maximum atomic E-state index is 13.1. The van der Waals surface area contributed by atoms with E-state index in [1.54, 1.807) is 29.2 Å². The van der Waals surface area contributed by atoms with E-state index in [2.05, 4.69) is 25.4 Å². The molecule has 0 bridgehead atoms. The van der Waals surface area contributed by atoms with Gasteiger partial charge in [-0.25, -0.2) is 13.3 Å². The lowest BCUT2D eigenvalue weighted by Gasteiger charge is -2.12. The molecule has 1 aromatic carbocycles. The highest BCUT2D eigenvalue weighted by Crippen LogP contribution is 2.22. The topological polar surface area (TPSA) is 47.2 Å². The molecule has 0 N–H and O–H groups in total. The van der Waals surface area contributed by atoms with E-state index in [1.807, 2.05) is 20.8 Å². The van der Waals surface area contributed by atoms with Gasteiger partial charge in [-0.05, 0) is 80.2 Å². The second-order valence-electron chi connectivity index (χ2n) is 6.37. The third kappa shape index (κ3) is 5.08. The third-order valence-corrected chi connectivity index (χ3v) is 5.38. The molecule has 1 unspecified atom stereocenters. The van der Waals surface area contributed by atoms with Crippen molar-refractivity contribution in [1.29, 1.82) is 0 Å². The molecule has 0 amide bonds. The van der Waals surface area contributed by atoms with E-state index in [-0.39, 0.29) is 10.6 Å². The van der Waals surface area contributed by atoms with Crippen LogP contribution in [0.1, 0.15) is 39.3 Å². The van der Waals surface area contributed by atoms with Crippen LogP contribution in [-0.4, -0.2) is 25.0 Å². The molecule has 1 heterocycles. The van der Waals surface area contributed by atoms with Crippen LogP contribution in [0.3, 0.4) is 0 Å². The highest BCUT2D eigenvalue weighted by molar-refractivity contribution is 9.10. The fourth-order valence-electron chi connectivity index (χ4n) is 2.02. The summed E-state index contributed by atoms with van der Waals surface area (Å²) in [5.74, 6) is -0.269. The monoisotopic (exact) mass is 413 g/mol. The van der Waals surface area contributed by atoms with Gasteiger partial charge < -0.3 is 0 Å².